The standard InChI is InChI=1S/C19H22FN3O2/c20-17-11-16(7-8-18(17)23-9-3-4-10-23)22-19(25)21-12-14-5-1-2-6-15(14)13-24/h1-2,5-8,11,24H,3-4,9-10,12-13H2,(H2,21,22,25). The van der Waals surface area contributed by atoms with Crippen molar-refractivity contribution in [2.75, 3.05) is 23.3 Å². The topological polar surface area (TPSA) is 64.6 Å². The number of aliphatic hydroxyl groups excluding tert-OH is 1. The Morgan fingerprint density at radius 3 is 2.52 bits per heavy atom. The molecule has 0 radical (unpaired) electrons. The van der Waals surface area contributed by atoms with Gasteiger partial charge in [-0.2, -0.15) is 0 Å². The number of anilines is 2. The molecular formula is C19H22FN3O2. The molecule has 1 heterocycles. The molecule has 3 N–H and O–H groups in total. The third kappa shape index (κ3) is 4.28. The molecule has 25 heavy (non-hydrogen) atoms. The third-order valence-electron chi connectivity index (χ3n) is 4.38. The Labute approximate surface area is 146 Å². The Hall–Kier alpha value is -2.60. The Morgan fingerprint density at radius 2 is 1.84 bits per heavy atom. The monoisotopic (exact) mass is 343 g/mol. The van der Waals surface area contributed by atoms with Gasteiger partial charge < -0.3 is 20.6 Å². The molecule has 0 bridgehead atoms. The highest BCUT2D eigenvalue weighted by Crippen LogP contribution is 2.26. The van der Waals surface area contributed by atoms with Crippen LogP contribution in [0.1, 0.15) is 24.0 Å². The highest BCUT2D eigenvalue weighted by molar-refractivity contribution is 5.89. The smallest absolute Gasteiger partial charge is 0.319 e. The summed E-state index contributed by atoms with van der Waals surface area (Å²) in [6, 6.07) is 11.7. The highest BCUT2D eigenvalue weighted by Gasteiger charge is 2.16. The number of aliphatic hydroxyl groups is 1. The van der Waals surface area contributed by atoms with E-state index in [1.54, 1.807) is 18.2 Å². The predicted octanol–water partition coefficient (Wildman–Crippen LogP) is 3.24. The van der Waals surface area contributed by atoms with Gasteiger partial charge in [-0.3, -0.25) is 0 Å². The van der Waals surface area contributed by atoms with E-state index in [1.165, 1.54) is 6.07 Å². The van der Waals surface area contributed by atoms with E-state index in [0.29, 0.717) is 11.4 Å². The van der Waals surface area contributed by atoms with Gasteiger partial charge in [0.15, 0.2) is 0 Å². The second-order valence-corrected chi connectivity index (χ2v) is 6.09. The van der Waals surface area contributed by atoms with Gasteiger partial charge in [0.1, 0.15) is 5.82 Å². The van der Waals surface area contributed by atoms with Crippen molar-refractivity contribution >= 4 is 17.4 Å². The number of nitrogens with zero attached hydrogens (tertiary/aromatic N) is 1. The number of carbonyl (C=O) groups excluding carboxylic acids is 1. The van der Waals surface area contributed by atoms with E-state index in [-0.39, 0.29) is 19.0 Å². The summed E-state index contributed by atoms with van der Waals surface area (Å²) in [6.07, 6.45) is 2.16. The zero-order valence-electron chi connectivity index (χ0n) is 14.0. The summed E-state index contributed by atoms with van der Waals surface area (Å²) in [6.45, 7) is 1.95. The second-order valence-electron chi connectivity index (χ2n) is 6.09. The van der Waals surface area contributed by atoms with E-state index in [1.807, 2.05) is 23.1 Å². The Kier molecular flexibility index (Phi) is 5.50. The molecular weight excluding hydrogens is 321 g/mol. The number of urea groups is 1. The number of rotatable bonds is 5. The van der Waals surface area contributed by atoms with E-state index in [4.69, 9.17) is 0 Å². The zero-order chi connectivity index (χ0) is 17.6. The molecule has 0 spiro atoms. The molecule has 0 unspecified atom stereocenters. The van der Waals surface area contributed by atoms with Crippen LogP contribution in [-0.4, -0.2) is 24.2 Å². The first-order chi connectivity index (χ1) is 12.2. The lowest BCUT2D eigenvalue weighted by atomic mass is 10.1. The van der Waals surface area contributed by atoms with Crippen LogP contribution in [0.5, 0.6) is 0 Å². The molecule has 0 aromatic heterocycles. The van der Waals surface area contributed by atoms with Gasteiger partial charge in [0.25, 0.3) is 0 Å². The molecule has 0 atom stereocenters. The number of amides is 2. The van der Waals surface area contributed by atoms with Crippen molar-refractivity contribution in [1.29, 1.82) is 0 Å². The molecule has 6 heteroatoms. The lowest BCUT2D eigenvalue weighted by molar-refractivity contribution is 0.251. The van der Waals surface area contributed by atoms with Crippen LogP contribution < -0.4 is 15.5 Å². The Morgan fingerprint density at radius 1 is 1.12 bits per heavy atom. The molecule has 0 saturated carbocycles. The molecule has 1 aliphatic heterocycles. The van der Waals surface area contributed by atoms with Crippen molar-refractivity contribution in [2.45, 2.75) is 26.0 Å². The summed E-state index contributed by atoms with van der Waals surface area (Å²) in [5.74, 6) is -0.328. The average Bonchev–Trinajstić information content (AvgIpc) is 3.14. The second kappa shape index (κ2) is 7.98. The Bertz CT molecular complexity index is 745. The van der Waals surface area contributed by atoms with E-state index in [9.17, 15) is 14.3 Å². The molecule has 1 aliphatic rings. The number of hydrogen-bond acceptors (Lipinski definition) is 3. The van der Waals surface area contributed by atoms with E-state index >= 15 is 0 Å². The number of carbonyl (C=O) groups is 1. The number of benzene rings is 2. The summed E-state index contributed by atoms with van der Waals surface area (Å²) >= 11 is 0. The minimum Gasteiger partial charge on any atom is -0.392 e. The van der Waals surface area contributed by atoms with Crippen molar-refractivity contribution in [3.05, 3.63) is 59.4 Å². The maximum atomic E-state index is 14.3. The fraction of sp³-hybridized carbons (Fsp3) is 0.316. The molecule has 0 aliphatic carbocycles. The molecule has 132 valence electrons. The van der Waals surface area contributed by atoms with Gasteiger partial charge in [-0.1, -0.05) is 24.3 Å². The molecule has 1 saturated heterocycles. The average molecular weight is 343 g/mol. The molecule has 3 rings (SSSR count). The minimum absolute atomic E-state index is 0.0807. The van der Waals surface area contributed by atoms with Crippen molar-refractivity contribution in [3.63, 3.8) is 0 Å². The maximum absolute atomic E-state index is 14.3. The Balaban J connectivity index is 1.58. The maximum Gasteiger partial charge on any atom is 0.319 e. The van der Waals surface area contributed by atoms with Crippen LogP contribution in [0.2, 0.25) is 0 Å². The van der Waals surface area contributed by atoms with Crippen molar-refractivity contribution < 1.29 is 14.3 Å². The largest absolute Gasteiger partial charge is 0.392 e. The minimum atomic E-state index is -0.416. The van der Waals surface area contributed by atoms with Crippen LogP contribution in [0, 0.1) is 5.82 Å². The van der Waals surface area contributed by atoms with Crippen LogP contribution in [-0.2, 0) is 13.2 Å². The van der Waals surface area contributed by atoms with Crippen LogP contribution in [0.4, 0.5) is 20.6 Å². The van der Waals surface area contributed by atoms with Crippen LogP contribution in [0.15, 0.2) is 42.5 Å². The van der Waals surface area contributed by atoms with Gasteiger partial charge in [-0.25, -0.2) is 9.18 Å². The van der Waals surface area contributed by atoms with E-state index < -0.39 is 6.03 Å². The van der Waals surface area contributed by atoms with Gasteiger partial charge in [0.05, 0.1) is 12.3 Å². The first kappa shape index (κ1) is 17.2. The van der Waals surface area contributed by atoms with E-state index in [0.717, 1.165) is 37.1 Å². The first-order valence-corrected chi connectivity index (χ1v) is 8.44. The third-order valence-corrected chi connectivity index (χ3v) is 4.38. The highest BCUT2D eigenvalue weighted by atomic mass is 19.1. The summed E-state index contributed by atoms with van der Waals surface area (Å²) < 4.78 is 14.3. The van der Waals surface area contributed by atoms with Gasteiger partial charge in [0.2, 0.25) is 0 Å². The molecule has 1 fully saturated rings. The normalized spacial score (nSPS) is 13.8. The lowest BCUT2D eigenvalue weighted by Crippen LogP contribution is -2.28. The summed E-state index contributed by atoms with van der Waals surface area (Å²) in [5.41, 5.74) is 2.60. The molecule has 2 aromatic carbocycles. The molecule has 2 aromatic rings. The fourth-order valence-corrected chi connectivity index (χ4v) is 3.03. The SMILES string of the molecule is O=C(NCc1ccccc1CO)Nc1ccc(N2CCCC2)c(F)c1. The number of hydrogen-bond donors (Lipinski definition) is 3. The van der Waals surface area contributed by atoms with Crippen molar-refractivity contribution in [2.24, 2.45) is 0 Å². The molecule has 2 amide bonds. The van der Waals surface area contributed by atoms with Crippen molar-refractivity contribution in [3.8, 4) is 0 Å². The van der Waals surface area contributed by atoms with Gasteiger partial charge in [0, 0.05) is 25.3 Å². The quantitative estimate of drug-likeness (QED) is 0.781. The summed E-state index contributed by atoms with van der Waals surface area (Å²) in [7, 11) is 0. The van der Waals surface area contributed by atoms with Crippen molar-refractivity contribution in [1.82, 2.24) is 5.32 Å². The van der Waals surface area contributed by atoms with Crippen LogP contribution in [0.25, 0.3) is 0 Å². The summed E-state index contributed by atoms with van der Waals surface area (Å²) in [5, 5.41) is 14.6. The summed E-state index contributed by atoms with van der Waals surface area (Å²) in [4.78, 5) is 14.0. The zero-order valence-corrected chi connectivity index (χ0v) is 14.0. The lowest BCUT2D eigenvalue weighted by Gasteiger charge is -2.19. The van der Waals surface area contributed by atoms with Gasteiger partial charge >= 0.3 is 6.03 Å². The number of halogens is 1. The van der Waals surface area contributed by atoms with Crippen LogP contribution in [0.3, 0.4) is 0 Å². The predicted molar refractivity (Wildman–Crippen MR) is 96.1 cm³/mol. The fourth-order valence-electron chi connectivity index (χ4n) is 3.03. The first-order valence-electron chi connectivity index (χ1n) is 8.44. The van der Waals surface area contributed by atoms with Gasteiger partial charge in [-0.05, 0) is 42.2 Å². The van der Waals surface area contributed by atoms with Crippen LogP contribution >= 0.6 is 0 Å². The number of nitrogens with one attached hydrogen (secondary N) is 2. The van der Waals surface area contributed by atoms with E-state index in [2.05, 4.69) is 10.6 Å². The molecule has 5 nitrogen and oxygen atoms in total. The van der Waals surface area contributed by atoms with Gasteiger partial charge in [-0.15, -0.1) is 0 Å².